The van der Waals surface area contributed by atoms with Crippen LogP contribution in [0.15, 0.2) is 24.3 Å². The number of carbonyl (C=O) groups excluding carboxylic acids is 1. The van der Waals surface area contributed by atoms with E-state index in [1.54, 1.807) is 0 Å². The second-order valence-electron chi connectivity index (χ2n) is 7.56. The predicted molar refractivity (Wildman–Crippen MR) is 105 cm³/mol. The molecule has 2 N–H and O–H groups in total. The minimum Gasteiger partial charge on any atom is -0.385 e. The maximum Gasteiger partial charge on any atom is 0.222 e. The zero-order chi connectivity index (χ0) is 18.6. The zero-order valence-electron chi connectivity index (χ0n) is 15.4. The first kappa shape index (κ1) is 19.0. The molecule has 3 rings (SSSR count). The number of nitrogens with zero attached hydrogens (tertiary/aromatic N) is 1. The molecule has 2 heterocycles. The van der Waals surface area contributed by atoms with Gasteiger partial charge in [0.25, 0.3) is 0 Å². The van der Waals surface area contributed by atoms with E-state index in [1.165, 1.54) is 18.5 Å². The summed E-state index contributed by atoms with van der Waals surface area (Å²) in [4.78, 5) is 14.4. The zero-order valence-corrected chi connectivity index (χ0v) is 16.2. The Hall–Kier alpha value is -1.76. The molecule has 0 spiro atoms. The highest BCUT2D eigenvalue weighted by atomic mass is 32.2. The maximum absolute atomic E-state index is 11.9. The molecule has 26 heavy (non-hydrogen) atoms. The van der Waals surface area contributed by atoms with Crippen LogP contribution in [0.5, 0.6) is 0 Å². The van der Waals surface area contributed by atoms with E-state index < -0.39 is 9.84 Å². The average Bonchev–Trinajstić information content (AvgIpc) is 2.95. The van der Waals surface area contributed by atoms with E-state index in [1.807, 2.05) is 0 Å². The minimum absolute atomic E-state index is 0.0723. The topological polar surface area (TPSA) is 78.5 Å². The number of sulfone groups is 1. The fraction of sp³-hybridized carbons (Fsp3) is 0.632. The van der Waals surface area contributed by atoms with Gasteiger partial charge in [0.2, 0.25) is 5.91 Å². The third-order valence-corrected chi connectivity index (χ3v) is 7.06. The van der Waals surface area contributed by atoms with Gasteiger partial charge in [-0.2, -0.15) is 0 Å². The number of benzene rings is 1. The van der Waals surface area contributed by atoms with E-state index in [2.05, 4.69) is 46.7 Å². The van der Waals surface area contributed by atoms with Crippen LogP contribution in [-0.2, 0) is 14.6 Å². The smallest absolute Gasteiger partial charge is 0.222 e. The first-order valence-corrected chi connectivity index (χ1v) is 11.3. The molecular weight excluding hydrogens is 350 g/mol. The fourth-order valence-electron chi connectivity index (χ4n) is 3.59. The van der Waals surface area contributed by atoms with Crippen LogP contribution in [0.2, 0.25) is 0 Å². The highest BCUT2D eigenvalue weighted by Crippen LogP contribution is 2.24. The third-order valence-electron chi connectivity index (χ3n) is 5.29. The van der Waals surface area contributed by atoms with Crippen LogP contribution >= 0.6 is 0 Å². The number of hydrogen-bond acceptors (Lipinski definition) is 5. The lowest BCUT2D eigenvalue weighted by molar-refractivity contribution is -0.121. The number of piperidine rings is 1. The average molecular weight is 380 g/mol. The first-order chi connectivity index (χ1) is 12.4. The van der Waals surface area contributed by atoms with Gasteiger partial charge >= 0.3 is 0 Å². The summed E-state index contributed by atoms with van der Waals surface area (Å²) < 4.78 is 22.8. The van der Waals surface area contributed by atoms with Gasteiger partial charge in [-0.1, -0.05) is 6.92 Å². The molecule has 0 bridgehead atoms. The highest BCUT2D eigenvalue weighted by Gasteiger charge is 2.28. The lowest BCUT2D eigenvalue weighted by atomic mass is 9.99. The Kier molecular flexibility index (Phi) is 6.06. The summed E-state index contributed by atoms with van der Waals surface area (Å²) in [5, 5.41) is 6.07. The Morgan fingerprint density at radius 3 is 2.46 bits per heavy atom. The largest absolute Gasteiger partial charge is 0.385 e. The Bertz CT molecular complexity index is 710. The van der Waals surface area contributed by atoms with Crippen LogP contribution in [0.4, 0.5) is 11.4 Å². The number of hydrogen-bond donors (Lipinski definition) is 2. The Labute approximate surface area is 156 Å². The monoisotopic (exact) mass is 379 g/mol. The summed E-state index contributed by atoms with van der Waals surface area (Å²) in [6.07, 6.45) is 3.36. The van der Waals surface area contributed by atoms with E-state index in [9.17, 15) is 13.2 Å². The van der Waals surface area contributed by atoms with Crippen molar-refractivity contribution in [2.45, 2.75) is 38.6 Å². The van der Waals surface area contributed by atoms with Gasteiger partial charge in [-0.25, -0.2) is 8.42 Å². The predicted octanol–water partition coefficient (Wildman–Crippen LogP) is 2.03. The highest BCUT2D eigenvalue weighted by molar-refractivity contribution is 7.91. The van der Waals surface area contributed by atoms with Crippen molar-refractivity contribution in [1.29, 1.82) is 0 Å². The van der Waals surface area contributed by atoms with Crippen LogP contribution in [0.1, 0.15) is 32.6 Å². The fourth-order valence-corrected chi connectivity index (χ4v) is 5.26. The molecule has 2 aliphatic rings. The quantitative estimate of drug-likeness (QED) is 0.791. The summed E-state index contributed by atoms with van der Waals surface area (Å²) in [6, 6.07) is 8.13. The number of anilines is 2. The van der Waals surface area contributed by atoms with E-state index in [0.717, 1.165) is 24.7 Å². The van der Waals surface area contributed by atoms with Gasteiger partial charge < -0.3 is 15.5 Å². The first-order valence-electron chi connectivity index (χ1n) is 9.50. The molecule has 2 fully saturated rings. The molecule has 2 saturated heterocycles. The molecule has 1 aromatic carbocycles. The van der Waals surface area contributed by atoms with Crippen molar-refractivity contribution in [3.63, 3.8) is 0 Å². The van der Waals surface area contributed by atoms with Gasteiger partial charge in [0.05, 0.1) is 11.5 Å². The summed E-state index contributed by atoms with van der Waals surface area (Å²) >= 11 is 0. The summed E-state index contributed by atoms with van der Waals surface area (Å²) in [5.41, 5.74) is 2.25. The van der Waals surface area contributed by atoms with Crippen molar-refractivity contribution in [3.05, 3.63) is 24.3 Å². The van der Waals surface area contributed by atoms with E-state index in [-0.39, 0.29) is 23.5 Å². The van der Waals surface area contributed by atoms with Gasteiger partial charge in [0.1, 0.15) is 0 Å². The summed E-state index contributed by atoms with van der Waals surface area (Å²) in [5.74, 6) is 0.975. The Morgan fingerprint density at radius 2 is 1.85 bits per heavy atom. The molecule has 144 valence electrons. The van der Waals surface area contributed by atoms with Crippen LogP contribution < -0.4 is 15.5 Å². The maximum atomic E-state index is 11.9. The lowest BCUT2D eigenvalue weighted by Crippen LogP contribution is -2.36. The van der Waals surface area contributed by atoms with Gasteiger partial charge in [-0.15, -0.1) is 0 Å². The molecule has 2 aliphatic heterocycles. The molecule has 0 aromatic heterocycles. The van der Waals surface area contributed by atoms with E-state index >= 15 is 0 Å². The standard InChI is InChI=1S/C19H29N3O3S/c1-15-7-11-22(12-8-15)18-4-2-16(3-5-18)20-10-6-19(23)21-17-9-13-26(24,25)14-17/h2-5,15,17,20H,6-14H2,1H3,(H,21,23). The molecule has 0 radical (unpaired) electrons. The summed E-state index contributed by atoms with van der Waals surface area (Å²) in [7, 11) is -2.96. The lowest BCUT2D eigenvalue weighted by Gasteiger charge is -2.32. The third kappa shape index (κ3) is 5.37. The van der Waals surface area contributed by atoms with E-state index in [0.29, 0.717) is 19.4 Å². The minimum atomic E-state index is -2.96. The van der Waals surface area contributed by atoms with Crippen molar-refractivity contribution in [3.8, 4) is 0 Å². The molecule has 0 saturated carbocycles. The second-order valence-corrected chi connectivity index (χ2v) is 9.79. The molecule has 6 nitrogen and oxygen atoms in total. The van der Waals surface area contributed by atoms with E-state index in [4.69, 9.17) is 0 Å². The number of rotatable bonds is 6. The molecule has 0 aliphatic carbocycles. The van der Waals surface area contributed by atoms with Crippen LogP contribution in [0, 0.1) is 5.92 Å². The summed E-state index contributed by atoms with van der Waals surface area (Å²) in [6.45, 7) is 5.08. The van der Waals surface area contributed by atoms with Gasteiger partial charge in [0.15, 0.2) is 9.84 Å². The van der Waals surface area contributed by atoms with Crippen molar-refractivity contribution in [1.82, 2.24) is 5.32 Å². The Morgan fingerprint density at radius 1 is 1.15 bits per heavy atom. The van der Waals surface area contributed by atoms with Gasteiger partial charge in [-0.3, -0.25) is 4.79 Å². The molecule has 1 aromatic rings. The molecule has 1 unspecified atom stereocenters. The van der Waals surface area contributed by atoms with Crippen molar-refractivity contribution in [2.75, 3.05) is 41.4 Å². The van der Waals surface area contributed by atoms with Crippen molar-refractivity contribution < 1.29 is 13.2 Å². The molecule has 1 amide bonds. The van der Waals surface area contributed by atoms with Gasteiger partial charge in [-0.05, 0) is 49.4 Å². The normalized spacial score (nSPS) is 23.0. The number of nitrogens with one attached hydrogen (secondary N) is 2. The van der Waals surface area contributed by atoms with Crippen molar-refractivity contribution in [2.24, 2.45) is 5.92 Å². The SMILES string of the molecule is CC1CCN(c2ccc(NCCC(=O)NC3CCS(=O)(=O)C3)cc2)CC1. The Balaban J connectivity index is 1.39. The number of amides is 1. The van der Waals surface area contributed by atoms with Crippen molar-refractivity contribution >= 4 is 27.1 Å². The molecular formula is C19H29N3O3S. The van der Waals surface area contributed by atoms with Crippen LogP contribution in [-0.4, -0.2) is 51.5 Å². The van der Waals surface area contributed by atoms with Crippen LogP contribution in [0.3, 0.4) is 0 Å². The second kappa shape index (κ2) is 8.29. The molecule has 7 heteroatoms. The van der Waals surface area contributed by atoms with Crippen LogP contribution in [0.25, 0.3) is 0 Å². The molecule has 1 atom stereocenters. The van der Waals surface area contributed by atoms with Gasteiger partial charge in [0, 0.05) is 43.5 Å². The number of carbonyl (C=O) groups is 1.